The molecule has 0 fully saturated rings. The molecule has 0 saturated carbocycles. The van der Waals surface area contributed by atoms with Crippen LogP contribution in [0.2, 0.25) is 0 Å². The van der Waals surface area contributed by atoms with E-state index in [2.05, 4.69) is 10.3 Å². The smallest absolute Gasteiger partial charge is 0.266 e. The van der Waals surface area contributed by atoms with E-state index in [4.69, 9.17) is 26.1 Å². The normalized spacial score (nSPS) is 13.3. The minimum Gasteiger partial charge on any atom is -0.497 e. The van der Waals surface area contributed by atoms with Crippen molar-refractivity contribution in [2.24, 2.45) is 0 Å². The van der Waals surface area contributed by atoms with Crippen molar-refractivity contribution in [3.8, 4) is 5.75 Å². The number of benzene rings is 2. The number of H-pyrrole nitrogens is 1. The maximum absolute atomic E-state index is 12.6. The molecule has 0 bridgehead atoms. The van der Waals surface area contributed by atoms with Crippen LogP contribution in [0.4, 0.5) is 0 Å². The number of rotatable bonds is 6. The molecule has 7 heteroatoms. The summed E-state index contributed by atoms with van der Waals surface area (Å²) in [6.45, 7) is 1.90. The maximum Gasteiger partial charge on any atom is 0.266 e. The van der Waals surface area contributed by atoms with E-state index in [0.717, 1.165) is 16.8 Å². The van der Waals surface area contributed by atoms with Gasteiger partial charge in [0.05, 0.1) is 18.7 Å². The number of nitrogens with one attached hydrogen (secondary N) is 2. The van der Waals surface area contributed by atoms with E-state index in [1.54, 1.807) is 32.4 Å². The fourth-order valence-corrected chi connectivity index (χ4v) is 3.07. The van der Waals surface area contributed by atoms with Gasteiger partial charge in [-0.1, -0.05) is 12.1 Å². The molecule has 6 nitrogen and oxygen atoms in total. The molecule has 26 heavy (non-hydrogen) atoms. The minimum atomic E-state index is -0.287. The molecule has 3 rings (SSSR count). The standard InChI is InChI=1S/C19H20N2O4S/c1-11(17(24-3)12-4-7-14(23-2)8-5-12)20-18(22)13-6-9-15-16(10-13)25-19(26)21-15/h4-11,17H,1-3H3,(H,20,22)(H,21,26)/t11-,17+/m0/s1. The summed E-state index contributed by atoms with van der Waals surface area (Å²) in [7, 11) is 3.24. The molecule has 0 aliphatic heterocycles. The first-order chi connectivity index (χ1) is 12.5. The predicted octanol–water partition coefficient (Wildman–Crippen LogP) is 4.00. The summed E-state index contributed by atoms with van der Waals surface area (Å²) in [5.41, 5.74) is 2.75. The van der Waals surface area contributed by atoms with Crippen molar-refractivity contribution in [2.45, 2.75) is 19.1 Å². The van der Waals surface area contributed by atoms with E-state index in [1.807, 2.05) is 31.2 Å². The molecule has 1 amide bonds. The Hall–Kier alpha value is -2.64. The van der Waals surface area contributed by atoms with Gasteiger partial charge in [0.15, 0.2) is 5.58 Å². The van der Waals surface area contributed by atoms with Crippen LogP contribution in [0.3, 0.4) is 0 Å². The Kier molecular flexibility index (Phi) is 5.39. The summed E-state index contributed by atoms with van der Waals surface area (Å²) in [6.07, 6.45) is -0.287. The van der Waals surface area contributed by atoms with E-state index >= 15 is 0 Å². The molecule has 0 saturated heterocycles. The number of carbonyl (C=O) groups excluding carboxylic acids is 1. The van der Waals surface area contributed by atoms with Gasteiger partial charge in [-0.05, 0) is 55.0 Å². The Labute approximate surface area is 156 Å². The third kappa shape index (κ3) is 3.79. The van der Waals surface area contributed by atoms with Crippen LogP contribution in [-0.2, 0) is 4.74 Å². The van der Waals surface area contributed by atoms with Gasteiger partial charge in [0.2, 0.25) is 0 Å². The second kappa shape index (κ2) is 7.72. The summed E-state index contributed by atoms with van der Waals surface area (Å²) in [5, 5.41) is 2.97. The molecule has 0 spiro atoms. The predicted molar refractivity (Wildman–Crippen MR) is 101 cm³/mol. The zero-order valence-corrected chi connectivity index (χ0v) is 15.6. The Morgan fingerprint density at radius 2 is 1.92 bits per heavy atom. The average Bonchev–Trinajstić information content (AvgIpc) is 3.02. The highest BCUT2D eigenvalue weighted by Crippen LogP contribution is 2.23. The average molecular weight is 372 g/mol. The van der Waals surface area contributed by atoms with Crippen LogP contribution in [0, 0.1) is 4.84 Å². The number of aromatic nitrogens is 1. The quantitative estimate of drug-likeness (QED) is 0.640. The van der Waals surface area contributed by atoms with Crippen LogP contribution in [0.25, 0.3) is 11.1 Å². The molecule has 1 aromatic heterocycles. The van der Waals surface area contributed by atoms with Crippen LogP contribution >= 0.6 is 12.2 Å². The molecule has 0 radical (unpaired) electrons. The fourth-order valence-electron chi connectivity index (χ4n) is 2.87. The van der Waals surface area contributed by atoms with Crippen molar-refractivity contribution in [3.63, 3.8) is 0 Å². The van der Waals surface area contributed by atoms with Gasteiger partial charge < -0.3 is 24.2 Å². The summed E-state index contributed by atoms with van der Waals surface area (Å²) in [5.74, 6) is 0.558. The van der Waals surface area contributed by atoms with Crippen molar-refractivity contribution in [1.82, 2.24) is 10.3 Å². The molecule has 0 aliphatic rings. The Bertz CT molecular complexity index is 962. The van der Waals surface area contributed by atoms with E-state index in [0.29, 0.717) is 11.1 Å². The number of ether oxygens (including phenoxy) is 2. The monoisotopic (exact) mass is 372 g/mol. The van der Waals surface area contributed by atoms with Crippen molar-refractivity contribution in [2.75, 3.05) is 14.2 Å². The highest BCUT2D eigenvalue weighted by atomic mass is 32.1. The summed E-state index contributed by atoms with van der Waals surface area (Å²) < 4.78 is 16.1. The van der Waals surface area contributed by atoms with Crippen LogP contribution < -0.4 is 10.1 Å². The van der Waals surface area contributed by atoms with E-state index in [9.17, 15) is 4.79 Å². The molecule has 0 unspecified atom stereocenters. The van der Waals surface area contributed by atoms with E-state index < -0.39 is 0 Å². The molecule has 2 aromatic carbocycles. The van der Waals surface area contributed by atoms with Crippen molar-refractivity contribution < 1.29 is 18.7 Å². The molecule has 2 N–H and O–H groups in total. The Balaban J connectivity index is 1.75. The first-order valence-electron chi connectivity index (χ1n) is 8.12. The number of aromatic amines is 1. The van der Waals surface area contributed by atoms with Crippen LogP contribution in [0.15, 0.2) is 46.9 Å². The van der Waals surface area contributed by atoms with E-state index in [-0.39, 0.29) is 22.9 Å². The van der Waals surface area contributed by atoms with Gasteiger partial charge in [0.1, 0.15) is 11.9 Å². The summed E-state index contributed by atoms with van der Waals surface area (Å²) >= 11 is 4.97. The van der Waals surface area contributed by atoms with E-state index in [1.165, 1.54) is 0 Å². The van der Waals surface area contributed by atoms with Crippen LogP contribution in [0.5, 0.6) is 5.75 Å². The zero-order valence-electron chi connectivity index (χ0n) is 14.7. The molecular weight excluding hydrogens is 352 g/mol. The lowest BCUT2D eigenvalue weighted by molar-refractivity contribution is 0.0644. The number of oxazole rings is 1. The lowest BCUT2D eigenvalue weighted by Gasteiger charge is -2.24. The highest BCUT2D eigenvalue weighted by Gasteiger charge is 2.21. The number of hydrogen-bond acceptors (Lipinski definition) is 5. The highest BCUT2D eigenvalue weighted by molar-refractivity contribution is 7.71. The van der Waals surface area contributed by atoms with Gasteiger partial charge in [-0.15, -0.1) is 0 Å². The zero-order chi connectivity index (χ0) is 18.7. The molecule has 2 atom stereocenters. The lowest BCUT2D eigenvalue weighted by Crippen LogP contribution is -2.37. The van der Waals surface area contributed by atoms with Crippen molar-refractivity contribution in [1.29, 1.82) is 0 Å². The first kappa shape index (κ1) is 18.2. The number of amides is 1. The largest absolute Gasteiger partial charge is 0.497 e. The molecule has 1 heterocycles. The van der Waals surface area contributed by atoms with Crippen LogP contribution in [-0.4, -0.2) is 31.2 Å². The van der Waals surface area contributed by atoms with Crippen LogP contribution in [0.1, 0.15) is 28.9 Å². The third-order valence-corrected chi connectivity index (χ3v) is 4.38. The second-order valence-corrected chi connectivity index (χ2v) is 6.29. The van der Waals surface area contributed by atoms with Gasteiger partial charge >= 0.3 is 0 Å². The van der Waals surface area contributed by atoms with Gasteiger partial charge in [-0.3, -0.25) is 4.79 Å². The molecule has 3 aromatic rings. The van der Waals surface area contributed by atoms with Crippen molar-refractivity contribution >= 4 is 29.2 Å². The Morgan fingerprint density at radius 3 is 2.58 bits per heavy atom. The van der Waals surface area contributed by atoms with Gasteiger partial charge in [-0.25, -0.2) is 0 Å². The van der Waals surface area contributed by atoms with Gasteiger partial charge in [0.25, 0.3) is 10.7 Å². The van der Waals surface area contributed by atoms with Gasteiger partial charge in [0, 0.05) is 12.7 Å². The summed E-state index contributed by atoms with van der Waals surface area (Å²) in [4.78, 5) is 15.8. The topological polar surface area (TPSA) is 76.5 Å². The molecule has 0 aliphatic carbocycles. The Morgan fingerprint density at radius 1 is 1.19 bits per heavy atom. The molecular formula is C19H20N2O4S. The van der Waals surface area contributed by atoms with Gasteiger partial charge in [-0.2, -0.15) is 0 Å². The fraction of sp³-hybridized carbons (Fsp3) is 0.263. The lowest BCUT2D eigenvalue weighted by atomic mass is 10.0. The number of carbonyl (C=O) groups is 1. The number of hydrogen-bond donors (Lipinski definition) is 2. The molecule has 136 valence electrons. The summed E-state index contributed by atoms with van der Waals surface area (Å²) in [6, 6.07) is 12.5. The third-order valence-electron chi connectivity index (χ3n) is 4.19. The first-order valence-corrected chi connectivity index (χ1v) is 8.53. The maximum atomic E-state index is 12.6. The second-order valence-electron chi connectivity index (χ2n) is 5.92. The minimum absolute atomic E-state index is 0.211. The van der Waals surface area contributed by atoms with Crippen molar-refractivity contribution in [3.05, 3.63) is 58.4 Å². The number of fused-ring (bicyclic) bond motifs is 1. The number of methoxy groups -OCH3 is 2. The SMILES string of the molecule is COc1ccc([C@H](OC)[C@H](C)NC(=O)c2ccc3[nH]c(=S)oc3c2)cc1.